The largest absolute Gasteiger partial charge is 0.473 e. The van der Waals surface area contributed by atoms with Crippen molar-refractivity contribution in [2.24, 2.45) is 11.5 Å². The third-order valence-corrected chi connectivity index (χ3v) is 2.69. The van der Waals surface area contributed by atoms with Gasteiger partial charge < -0.3 is 21.7 Å². The summed E-state index contributed by atoms with van der Waals surface area (Å²) < 4.78 is 0. The molecule has 0 saturated heterocycles. The van der Waals surface area contributed by atoms with E-state index in [0.29, 0.717) is 0 Å². The molecule has 0 aliphatic heterocycles. The lowest BCUT2D eigenvalue weighted by Gasteiger charge is -2.25. The van der Waals surface area contributed by atoms with Crippen LogP contribution >= 0.6 is 0 Å². The fraction of sp³-hybridized carbons (Fsp3) is 0.0667. The van der Waals surface area contributed by atoms with Crippen LogP contribution in [-0.2, 0) is 15.3 Å². The van der Waals surface area contributed by atoms with Gasteiger partial charge in [-0.2, -0.15) is 0 Å². The molecule has 0 spiro atoms. The Morgan fingerprint density at radius 1 is 0.714 bits per heavy atom. The van der Waals surface area contributed by atoms with Crippen LogP contribution in [0, 0.1) is 0 Å². The second-order valence-electron chi connectivity index (χ2n) is 4.21. The zero-order chi connectivity index (χ0) is 15.9. The van der Waals surface area contributed by atoms with Crippen LogP contribution in [0.15, 0.2) is 60.7 Å². The molecular formula is C15H16N2O4. The van der Waals surface area contributed by atoms with Crippen molar-refractivity contribution < 1.29 is 19.8 Å². The van der Waals surface area contributed by atoms with E-state index in [0.717, 1.165) is 11.1 Å². The van der Waals surface area contributed by atoms with Gasteiger partial charge in [0, 0.05) is 0 Å². The summed E-state index contributed by atoms with van der Waals surface area (Å²) in [7, 11) is 0. The minimum Gasteiger partial charge on any atom is -0.473 e. The van der Waals surface area contributed by atoms with Gasteiger partial charge in [-0.3, -0.25) is 0 Å². The monoisotopic (exact) mass is 288 g/mol. The smallest absolute Gasteiger partial charge is 0.414 e. The van der Waals surface area contributed by atoms with Gasteiger partial charge in [0.25, 0.3) is 0 Å². The molecule has 0 fully saturated rings. The highest BCUT2D eigenvalue weighted by atomic mass is 16.4. The maximum atomic E-state index is 9.10. The van der Waals surface area contributed by atoms with Crippen molar-refractivity contribution in [1.82, 2.24) is 0 Å². The number of hydrogen-bond donors (Lipinski definition) is 4. The summed E-state index contributed by atoms with van der Waals surface area (Å²) in [5, 5.41) is 14.8. The first-order valence-electron chi connectivity index (χ1n) is 6.00. The van der Waals surface area contributed by atoms with Crippen molar-refractivity contribution in [3.63, 3.8) is 0 Å². The molecule has 0 bridgehead atoms. The Hall–Kier alpha value is -2.70. The van der Waals surface area contributed by atoms with Crippen LogP contribution in [0.3, 0.4) is 0 Å². The predicted molar refractivity (Wildman–Crippen MR) is 77.3 cm³/mol. The SMILES string of the molecule is NC(N)(c1ccccc1)c1ccccc1.O=C(O)C(=O)O. The van der Waals surface area contributed by atoms with E-state index in [4.69, 9.17) is 31.3 Å². The van der Waals surface area contributed by atoms with E-state index in [-0.39, 0.29) is 0 Å². The second kappa shape index (κ2) is 7.18. The molecule has 0 amide bonds. The molecule has 0 aliphatic rings. The lowest BCUT2D eigenvalue weighted by molar-refractivity contribution is -0.159. The van der Waals surface area contributed by atoms with Gasteiger partial charge in [0.15, 0.2) is 0 Å². The zero-order valence-electron chi connectivity index (χ0n) is 11.1. The molecule has 2 aromatic rings. The summed E-state index contributed by atoms with van der Waals surface area (Å²) in [5.74, 6) is -3.65. The number of aliphatic carboxylic acids is 2. The van der Waals surface area contributed by atoms with E-state index >= 15 is 0 Å². The Morgan fingerprint density at radius 2 is 1.00 bits per heavy atom. The third kappa shape index (κ3) is 4.72. The van der Waals surface area contributed by atoms with E-state index < -0.39 is 17.6 Å². The number of carboxylic acids is 2. The molecule has 2 aromatic carbocycles. The van der Waals surface area contributed by atoms with Gasteiger partial charge in [0.1, 0.15) is 5.66 Å². The summed E-state index contributed by atoms with van der Waals surface area (Å²) in [6.07, 6.45) is 0. The maximum absolute atomic E-state index is 9.10. The number of nitrogens with two attached hydrogens (primary N) is 2. The van der Waals surface area contributed by atoms with E-state index in [2.05, 4.69) is 0 Å². The highest BCUT2D eigenvalue weighted by molar-refractivity contribution is 6.27. The lowest BCUT2D eigenvalue weighted by Crippen LogP contribution is -2.46. The summed E-state index contributed by atoms with van der Waals surface area (Å²) in [6, 6.07) is 19.4. The van der Waals surface area contributed by atoms with Gasteiger partial charge >= 0.3 is 11.9 Å². The van der Waals surface area contributed by atoms with E-state index in [1.165, 1.54) is 0 Å². The molecule has 2 rings (SSSR count). The summed E-state index contributed by atoms with van der Waals surface area (Å²) in [4.78, 5) is 18.2. The van der Waals surface area contributed by atoms with E-state index in [1.807, 2.05) is 60.7 Å². The van der Waals surface area contributed by atoms with Crippen LogP contribution in [0.4, 0.5) is 0 Å². The second-order valence-corrected chi connectivity index (χ2v) is 4.21. The minimum absolute atomic E-state index is 0.913. The third-order valence-electron chi connectivity index (χ3n) is 2.69. The Labute approximate surface area is 121 Å². The van der Waals surface area contributed by atoms with Crippen LogP contribution in [0.1, 0.15) is 11.1 Å². The topological polar surface area (TPSA) is 127 Å². The van der Waals surface area contributed by atoms with Crippen molar-refractivity contribution in [2.45, 2.75) is 5.66 Å². The first-order chi connectivity index (χ1) is 9.85. The van der Waals surface area contributed by atoms with Gasteiger partial charge in [-0.15, -0.1) is 0 Å². The van der Waals surface area contributed by atoms with Crippen molar-refractivity contribution in [1.29, 1.82) is 0 Å². The quantitative estimate of drug-likeness (QED) is 0.481. The highest BCUT2D eigenvalue weighted by Gasteiger charge is 2.23. The number of benzene rings is 2. The van der Waals surface area contributed by atoms with E-state index in [1.54, 1.807) is 0 Å². The molecule has 0 aliphatic carbocycles. The lowest BCUT2D eigenvalue weighted by atomic mass is 9.93. The average Bonchev–Trinajstić information content (AvgIpc) is 2.49. The van der Waals surface area contributed by atoms with Crippen LogP contribution in [0.25, 0.3) is 0 Å². The zero-order valence-corrected chi connectivity index (χ0v) is 11.1. The van der Waals surface area contributed by atoms with Gasteiger partial charge in [-0.05, 0) is 11.1 Å². The van der Waals surface area contributed by atoms with Crippen molar-refractivity contribution in [3.05, 3.63) is 71.8 Å². The van der Waals surface area contributed by atoms with Crippen LogP contribution in [0.2, 0.25) is 0 Å². The van der Waals surface area contributed by atoms with Gasteiger partial charge in [0.05, 0.1) is 0 Å². The summed E-state index contributed by atoms with van der Waals surface area (Å²) >= 11 is 0. The predicted octanol–water partition coefficient (Wildman–Crippen LogP) is 0.961. The van der Waals surface area contributed by atoms with Gasteiger partial charge in [0.2, 0.25) is 0 Å². The molecule has 6 heteroatoms. The molecule has 21 heavy (non-hydrogen) atoms. The average molecular weight is 288 g/mol. The number of rotatable bonds is 2. The Bertz CT molecular complexity index is 544. The molecule has 0 aromatic heterocycles. The molecule has 0 unspecified atom stereocenters. The maximum Gasteiger partial charge on any atom is 0.414 e. The minimum atomic E-state index is -1.82. The number of hydrogen-bond acceptors (Lipinski definition) is 4. The first kappa shape index (κ1) is 16.4. The van der Waals surface area contributed by atoms with E-state index in [9.17, 15) is 0 Å². The molecule has 0 radical (unpaired) electrons. The fourth-order valence-corrected chi connectivity index (χ4v) is 1.59. The normalized spacial score (nSPS) is 10.2. The highest BCUT2D eigenvalue weighted by Crippen LogP contribution is 2.20. The van der Waals surface area contributed by atoms with Crippen molar-refractivity contribution >= 4 is 11.9 Å². The van der Waals surface area contributed by atoms with Crippen LogP contribution in [-0.4, -0.2) is 22.2 Å². The Kier molecular flexibility index (Phi) is 5.59. The Balaban J connectivity index is 0.000000315. The molecule has 6 nitrogen and oxygen atoms in total. The van der Waals surface area contributed by atoms with Crippen molar-refractivity contribution in [3.8, 4) is 0 Å². The first-order valence-corrected chi connectivity index (χ1v) is 6.00. The fourth-order valence-electron chi connectivity index (χ4n) is 1.59. The number of carbonyl (C=O) groups is 2. The van der Waals surface area contributed by atoms with Crippen molar-refractivity contribution in [2.75, 3.05) is 0 Å². The van der Waals surface area contributed by atoms with Gasteiger partial charge in [-0.25, -0.2) is 9.59 Å². The molecule has 0 saturated carbocycles. The summed E-state index contributed by atoms with van der Waals surface area (Å²) in [6.45, 7) is 0. The molecule has 0 atom stereocenters. The molecule has 6 N–H and O–H groups in total. The molecule has 0 heterocycles. The van der Waals surface area contributed by atoms with Gasteiger partial charge in [-0.1, -0.05) is 60.7 Å². The Morgan fingerprint density at radius 3 is 1.24 bits per heavy atom. The molecular weight excluding hydrogens is 272 g/mol. The standard InChI is InChI=1S/C13H14N2.C2H2O4/c14-13(15,11-7-3-1-4-8-11)12-9-5-2-6-10-12;3-1(4)2(5)6/h1-10H,14-15H2;(H,3,4)(H,5,6). The van der Waals surface area contributed by atoms with Crippen LogP contribution in [0.5, 0.6) is 0 Å². The number of carboxylic acid groups (broad SMARTS) is 2. The molecule has 110 valence electrons. The van der Waals surface area contributed by atoms with Crippen LogP contribution < -0.4 is 11.5 Å². The summed E-state index contributed by atoms with van der Waals surface area (Å²) in [5.41, 5.74) is 13.2.